The Morgan fingerprint density at radius 1 is 1.21 bits per heavy atom. The van der Waals surface area contributed by atoms with E-state index in [0.29, 0.717) is 5.02 Å². The monoisotopic (exact) mass is 406 g/mol. The zero-order valence-corrected chi connectivity index (χ0v) is 17.6. The SMILES string of the molecule is CC(C)CC1(C(=O)O)NC(c2ccc(Cl)cc2)C2C(=O)N(C(C)(C)C)C(=O)C21. The molecule has 2 aliphatic heterocycles. The summed E-state index contributed by atoms with van der Waals surface area (Å²) < 4.78 is 0. The fourth-order valence-electron chi connectivity index (χ4n) is 4.74. The van der Waals surface area contributed by atoms with Crippen molar-refractivity contribution in [2.45, 2.75) is 58.2 Å². The predicted octanol–water partition coefficient (Wildman–Crippen LogP) is 3.25. The smallest absolute Gasteiger partial charge is 0.324 e. The van der Waals surface area contributed by atoms with Crippen LogP contribution in [0, 0.1) is 17.8 Å². The van der Waals surface area contributed by atoms with Gasteiger partial charge in [0, 0.05) is 16.6 Å². The van der Waals surface area contributed by atoms with Crippen LogP contribution in [0.4, 0.5) is 0 Å². The molecule has 3 rings (SSSR count). The number of nitrogens with one attached hydrogen (secondary N) is 1. The van der Waals surface area contributed by atoms with Gasteiger partial charge in [-0.2, -0.15) is 0 Å². The topological polar surface area (TPSA) is 86.7 Å². The van der Waals surface area contributed by atoms with Gasteiger partial charge >= 0.3 is 5.97 Å². The summed E-state index contributed by atoms with van der Waals surface area (Å²) in [6.45, 7) is 9.21. The van der Waals surface area contributed by atoms with Crippen molar-refractivity contribution in [2.75, 3.05) is 0 Å². The quantitative estimate of drug-likeness (QED) is 0.749. The Balaban J connectivity index is 2.17. The summed E-state index contributed by atoms with van der Waals surface area (Å²) in [5.74, 6) is -3.50. The highest BCUT2D eigenvalue weighted by atomic mass is 35.5. The van der Waals surface area contributed by atoms with Crippen molar-refractivity contribution in [1.29, 1.82) is 0 Å². The molecule has 6 nitrogen and oxygen atoms in total. The van der Waals surface area contributed by atoms with Crippen molar-refractivity contribution in [3.05, 3.63) is 34.9 Å². The Bertz CT molecular complexity index is 815. The molecular formula is C21H27ClN2O4. The van der Waals surface area contributed by atoms with E-state index in [-0.39, 0.29) is 18.2 Å². The number of carbonyl (C=O) groups excluding carboxylic acids is 2. The van der Waals surface area contributed by atoms with Gasteiger partial charge in [-0.1, -0.05) is 37.6 Å². The maximum absolute atomic E-state index is 13.4. The molecular weight excluding hydrogens is 380 g/mol. The number of aliphatic carboxylic acids is 1. The highest BCUT2D eigenvalue weighted by molar-refractivity contribution is 6.30. The third-order valence-corrected chi connectivity index (χ3v) is 5.92. The molecule has 1 aromatic carbocycles. The Morgan fingerprint density at radius 3 is 2.25 bits per heavy atom. The summed E-state index contributed by atoms with van der Waals surface area (Å²) in [5.41, 5.74) is -1.45. The molecule has 0 bridgehead atoms. The first kappa shape index (κ1) is 20.8. The lowest BCUT2D eigenvalue weighted by Gasteiger charge is -2.36. The van der Waals surface area contributed by atoms with Crippen LogP contribution in [0.25, 0.3) is 0 Å². The lowest BCUT2D eigenvalue weighted by atomic mass is 9.75. The summed E-state index contributed by atoms with van der Waals surface area (Å²) in [7, 11) is 0. The number of imide groups is 1. The molecule has 0 spiro atoms. The maximum Gasteiger partial charge on any atom is 0.324 e. The molecule has 2 N–H and O–H groups in total. The van der Waals surface area contributed by atoms with E-state index in [4.69, 9.17) is 11.6 Å². The van der Waals surface area contributed by atoms with Crippen LogP contribution in [0.2, 0.25) is 5.02 Å². The van der Waals surface area contributed by atoms with Crippen molar-refractivity contribution in [2.24, 2.45) is 17.8 Å². The lowest BCUT2D eigenvalue weighted by molar-refractivity contribution is -0.154. The van der Waals surface area contributed by atoms with E-state index in [1.165, 1.54) is 4.90 Å². The summed E-state index contributed by atoms with van der Waals surface area (Å²) in [4.78, 5) is 40.4. The van der Waals surface area contributed by atoms with Gasteiger partial charge in [0.25, 0.3) is 0 Å². The number of fused-ring (bicyclic) bond motifs is 1. The number of hydrogen-bond acceptors (Lipinski definition) is 4. The normalized spacial score (nSPS) is 30.2. The van der Waals surface area contributed by atoms with Crippen LogP contribution in [0.15, 0.2) is 24.3 Å². The van der Waals surface area contributed by atoms with Crippen molar-refractivity contribution in [1.82, 2.24) is 10.2 Å². The molecule has 2 amide bonds. The molecule has 0 saturated carbocycles. The van der Waals surface area contributed by atoms with Gasteiger partial charge < -0.3 is 5.11 Å². The van der Waals surface area contributed by atoms with E-state index in [9.17, 15) is 19.5 Å². The van der Waals surface area contributed by atoms with E-state index in [1.807, 2.05) is 13.8 Å². The molecule has 2 fully saturated rings. The van der Waals surface area contributed by atoms with Crippen molar-refractivity contribution >= 4 is 29.4 Å². The minimum absolute atomic E-state index is 0.0276. The minimum atomic E-state index is -1.49. The molecule has 2 aliphatic rings. The van der Waals surface area contributed by atoms with E-state index >= 15 is 0 Å². The van der Waals surface area contributed by atoms with E-state index in [0.717, 1.165) is 5.56 Å². The zero-order valence-electron chi connectivity index (χ0n) is 16.8. The molecule has 4 atom stereocenters. The van der Waals surface area contributed by atoms with Gasteiger partial charge in [-0.15, -0.1) is 0 Å². The second-order valence-corrected chi connectivity index (χ2v) is 9.67. The van der Waals surface area contributed by atoms with Gasteiger partial charge in [-0.25, -0.2) is 0 Å². The van der Waals surface area contributed by atoms with Crippen LogP contribution >= 0.6 is 11.6 Å². The summed E-state index contributed by atoms with van der Waals surface area (Å²) in [5, 5.41) is 13.9. The average Bonchev–Trinajstić information content (AvgIpc) is 3.03. The van der Waals surface area contributed by atoms with Crippen LogP contribution in [-0.4, -0.2) is 38.9 Å². The first-order valence-corrected chi connectivity index (χ1v) is 9.92. The van der Waals surface area contributed by atoms with Gasteiger partial charge in [-0.3, -0.25) is 24.6 Å². The number of benzene rings is 1. The Hall–Kier alpha value is -1.92. The molecule has 0 aromatic heterocycles. The minimum Gasteiger partial charge on any atom is -0.480 e. The molecule has 0 aliphatic carbocycles. The van der Waals surface area contributed by atoms with Crippen molar-refractivity contribution < 1.29 is 19.5 Å². The average molecular weight is 407 g/mol. The van der Waals surface area contributed by atoms with Gasteiger partial charge in [0.2, 0.25) is 11.8 Å². The van der Waals surface area contributed by atoms with Crippen LogP contribution in [-0.2, 0) is 14.4 Å². The third kappa shape index (κ3) is 3.12. The number of carboxylic acid groups (broad SMARTS) is 1. The fourth-order valence-corrected chi connectivity index (χ4v) is 4.86. The number of halogens is 1. The third-order valence-electron chi connectivity index (χ3n) is 5.67. The number of rotatable bonds is 4. The molecule has 152 valence electrons. The van der Waals surface area contributed by atoms with Crippen LogP contribution in [0.3, 0.4) is 0 Å². The van der Waals surface area contributed by atoms with Gasteiger partial charge in [0.15, 0.2) is 0 Å². The number of hydrogen-bond donors (Lipinski definition) is 2. The molecule has 7 heteroatoms. The number of carboxylic acids is 1. The van der Waals surface area contributed by atoms with Crippen LogP contribution in [0.5, 0.6) is 0 Å². The number of amides is 2. The summed E-state index contributed by atoms with van der Waals surface area (Å²) >= 11 is 6.00. The Morgan fingerprint density at radius 2 is 1.79 bits per heavy atom. The maximum atomic E-state index is 13.4. The molecule has 2 heterocycles. The van der Waals surface area contributed by atoms with E-state index < -0.39 is 40.8 Å². The zero-order chi connectivity index (χ0) is 21.0. The number of nitrogens with zero attached hydrogens (tertiary/aromatic N) is 1. The molecule has 4 unspecified atom stereocenters. The van der Waals surface area contributed by atoms with Gasteiger partial charge in [0.05, 0.1) is 11.8 Å². The molecule has 1 aromatic rings. The molecule has 28 heavy (non-hydrogen) atoms. The largest absolute Gasteiger partial charge is 0.480 e. The fraction of sp³-hybridized carbons (Fsp3) is 0.571. The second kappa shape index (κ2) is 6.85. The summed E-state index contributed by atoms with van der Waals surface area (Å²) in [6, 6.07) is 6.41. The first-order chi connectivity index (χ1) is 12.9. The van der Waals surface area contributed by atoms with E-state index in [1.54, 1.807) is 45.0 Å². The van der Waals surface area contributed by atoms with Crippen LogP contribution < -0.4 is 5.32 Å². The predicted molar refractivity (Wildman–Crippen MR) is 106 cm³/mol. The lowest BCUT2D eigenvalue weighted by Crippen LogP contribution is -2.58. The molecule has 0 radical (unpaired) electrons. The highest BCUT2D eigenvalue weighted by Gasteiger charge is 2.69. The van der Waals surface area contributed by atoms with E-state index in [2.05, 4.69) is 5.32 Å². The standard InChI is InChI=1S/C21H27ClN2O4/c1-11(2)10-21(19(27)28)15-14(17(25)24(18(15)26)20(3,4)5)16(23-21)12-6-8-13(22)9-7-12/h6-9,11,14-16,23H,10H2,1-5H3,(H,27,28). The Kier molecular flexibility index (Phi) is 5.09. The summed E-state index contributed by atoms with van der Waals surface area (Å²) in [6.07, 6.45) is 0.255. The first-order valence-electron chi connectivity index (χ1n) is 9.54. The van der Waals surface area contributed by atoms with Crippen molar-refractivity contribution in [3.63, 3.8) is 0 Å². The second-order valence-electron chi connectivity index (χ2n) is 9.23. The number of likely N-dealkylation sites (tertiary alicyclic amines) is 1. The highest BCUT2D eigenvalue weighted by Crippen LogP contribution is 2.52. The Labute approximate surface area is 170 Å². The number of carbonyl (C=O) groups is 3. The van der Waals surface area contributed by atoms with Crippen molar-refractivity contribution in [3.8, 4) is 0 Å². The van der Waals surface area contributed by atoms with Crippen LogP contribution in [0.1, 0.15) is 52.6 Å². The molecule has 2 saturated heterocycles. The van der Waals surface area contributed by atoms with Gasteiger partial charge in [0.1, 0.15) is 5.54 Å². The van der Waals surface area contributed by atoms with Gasteiger partial charge in [-0.05, 0) is 50.8 Å².